The first-order valence-corrected chi connectivity index (χ1v) is 8.84. The Balaban J connectivity index is 2.05. The lowest BCUT2D eigenvalue weighted by Gasteiger charge is -2.19. The van der Waals surface area contributed by atoms with Gasteiger partial charge in [0.1, 0.15) is 13.2 Å². The lowest BCUT2D eigenvalue weighted by atomic mass is 10.1. The van der Waals surface area contributed by atoms with Crippen LogP contribution in [0.2, 0.25) is 0 Å². The second kappa shape index (κ2) is 5.79. The van der Waals surface area contributed by atoms with Gasteiger partial charge in [-0.1, -0.05) is 0 Å². The molecule has 0 saturated carbocycles. The predicted molar refractivity (Wildman–Crippen MR) is 88.3 cm³/mol. The maximum Gasteiger partial charge on any atom is 0.196 e. The van der Waals surface area contributed by atoms with Crippen molar-refractivity contribution in [3.63, 3.8) is 0 Å². The molecule has 3 rings (SSSR count). The maximum atomic E-state index is 12.6. The first kappa shape index (κ1) is 14.6. The lowest BCUT2D eigenvalue weighted by Crippen LogP contribution is -2.16. The normalized spacial score (nSPS) is 13.3. The fourth-order valence-electron chi connectivity index (χ4n) is 1.88. The Kier molecular flexibility index (Phi) is 4.21. The number of carbonyl (C=O) groups excluding carboxylic acids is 1. The number of fused-ring (bicyclic) bond motifs is 1. The van der Waals surface area contributed by atoms with Gasteiger partial charge in [0, 0.05) is 15.6 Å². The molecular formula is C13H7Br3O3S. The zero-order chi connectivity index (χ0) is 14.3. The highest BCUT2D eigenvalue weighted by Crippen LogP contribution is 2.39. The van der Waals surface area contributed by atoms with Gasteiger partial charge in [0.15, 0.2) is 17.3 Å². The van der Waals surface area contributed by atoms with E-state index in [0.717, 1.165) is 7.57 Å². The maximum absolute atomic E-state index is 12.6. The van der Waals surface area contributed by atoms with Gasteiger partial charge in [-0.2, -0.15) is 0 Å². The van der Waals surface area contributed by atoms with E-state index >= 15 is 0 Å². The molecule has 2 heterocycles. The third kappa shape index (κ3) is 2.68. The summed E-state index contributed by atoms with van der Waals surface area (Å²) in [5.41, 5.74) is 1.18. The van der Waals surface area contributed by atoms with E-state index in [-0.39, 0.29) is 5.78 Å². The molecule has 1 aliphatic rings. The number of benzene rings is 1. The van der Waals surface area contributed by atoms with Gasteiger partial charge in [-0.25, -0.2) is 0 Å². The highest BCUT2D eigenvalue weighted by atomic mass is 79.9. The summed E-state index contributed by atoms with van der Waals surface area (Å²) in [6, 6.07) is 5.30. The van der Waals surface area contributed by atoms with Gasteiger partial charge < -0.3 is 9.47 Å². The topological polar surface area (TPSA) is 35.5 Å². The van der Waals surface area contributed by atoms with Gasteiger partial charge in [0.2, 0.25) is 0 Å². The first-order valence-electron chi connectivity index (χ1n) is 5.65. The van der Waals surface area contributed by atoms with Crippen LogP contribution in [-0.2, 0) is 0 Å². The quantitative estimate of drug-likeness (QED) is 0.563. The molecule has 0 fully saturated rings. The summed E-state index contributed by atoms with van der Waals surface area (Å²) in [7, 11) is 0. The average Bonchev–Trinajstić information content (AvgIpc) is 2.76. The van der Waals surface area contributed by atoms with Crippen molar-refractivity contribution in [2.24, 2.45) is 0 Å². The van der Waals surface area contributed by atoms with E-state index in [4.69, 9.17) is 9.47 Å². The standard InChI is InChI=1S/C13H7Br3O3S/c14-8-5-10-9(18-1-2-19-10)3-6(8)12(17)7-4-11(15)20-13(7)16/h3-5H,1-2H2. The molecule has 0 radical (unpaired) electrons. The molecule has 1 aliphatic heterocycles. The van der Waals surface area contributed by atoms with Gasteiger partial charge in [0.05, 0.1) is 7.57 Å². The minimum Gasteiger partial charge on any atom is -0.486 e. The summed E-state index contributed by atoms with van der Waals surface area (Å²) in [5.74, 6) is 1.20. The van der Waals surface area contributed by atoms with Crippen LogP contribution in [-0.4, -0.2) is 19.0 Å². The molecule has 2 aromatic rings. The van der Waals surface area contributed by atoms with Crippen molar-refractivity contribution in [1.29, 1.82) is 0 Å². The fraction of sp³-hybridized carbons (Fsp3) is 0.154. The Labute approximate surface area is 144 Å². The van der Waals surface area contributed by atoms with Crippen molar-refractivity contribution in [3.05, 3.63) is 41.4 Å². The van der Waals surface area contributed by atoms with E-state index in [1.165, 1.54) is 11.3 Å². The van der Waals surface area contributed by atoms with Crippen molar-refractivity contribution < 1.29 is 14.3 Å². The van der Waals surface area contributed by atoms with Crippen LogP contribution in [0.25, 0.3) is 0 Å². The van der Waals surface area contributed by atoms with Crippen molar-refractivity contribution in [3.8, 4) is 11.5 Å². The minimum absolute atomic E-state index is 0.0670. The SMILES string of the molecule is O=C(c1cc2c(cc1Br)OCCO2)c1cc(Br)sc1Br. The van der Waals surface area contributed by atoms with Crippen LogP contribution in [0.1, 0.15) is 15.9 Å². The number of thiophene rings is 1. The highest BCUT2D eigenvalue weighted by molar-refractivity contribution is 9.12. The molecule has 0 atom stereocenters. The third-order valence-corrected chi connectivity index (χ3v) is 5.77. The largest absolute Gasteiger partial charge is 0.486 e. The number of carbonyl (C=O) groups is 1. The molecule has 3 nitrogen and oxygen atoms in total. The van der Waals surface area contributed by atoms with Crippen LogP contribution in [0.3, 0.4) is 0 Å². The Bertz CT molecular complexity index is 696. The Morgan fingerprint density at radius 3 is 2.25 bits per heavy atom. The molecule has 7 heteroatoms. The molecule has 1 aromatic heterocycles. The van der Waals surface area contributed by atoms with Gasteiger partial charge in [-0.05, 0) is 66.0 Å². The molecule has 0 N–H and O–H groups in total. The summed E-state index contributed by atoms with van der Waals surface area (Å²) in [5, 5.41) is 0. The van der Waals surface area contributed by atoms with Gasteiger partial charge >= 0.3 is 0 Å². The van der Waals surface area contributed by atoms with Crippen LogP contribution in [0.15, 0.2) is 30.2 Å². The zero-order valence-corrected chi connectivity index (χ0v) is 15.5. The summed E-state index contributed by atoms with van der Waals surface area (Å²) >= 11 is 11.7. The van der Waals surface area contributed by atoms with Crippen LogP contribution >= 0.6 is 59.1 Å². The second-order valence-electron chi connectivity index (χ2n) is 4.04. The van der Waals surface area contributed by atoms with E-state index in [1.807, 2.05) is 0 Å². The molecule has 0 spiro atoms. The number of ketones is 1. The number of rotatable bonds is 2. The molecule has 0 aliphatic carbocycles. The second-order valence-corrected chi connectivity index (χ2v) is 8.65. The summed E-state index contributed by atoms with van der Waals surface area (Å²) in [4.78, 5) is 12.6. The average molecular weight is 483 g/mol. The van der Waals surface area contributed by atoms with E-state index in [2.05, 4.69) is 47.8 Å². The van der Waals surface area contributed by atoms with Gasteiger partial charge in [0.25, 0.3) is 0 Å². The Morgan fingerprint density at radius 2 is 1.65 bits per heavy atom. The molecular weight excluding hydrogens is 476 g/mol. The number of hydrogen-bond donors (Lipinski definition) is 0. The minimum atomic E-state index is -0.0670. The number of halogens is 3. The first-order chi connectivity index (χ1) is 9.56. The van der Waals surface area contributed by atoms with E-state index < -0.39 is 0 Å². The third-order valence-electron chi connectivity index (χ3n) is 2.78. The Morgan fingerprint density at radius 1 is 1.00 bits per heavy atom. The predicted octanol–water partition coefficient (Wildman–Crippen LogP) is 5.04. The van der Waals surface area contributed by atoms with Crippen LogP contribution < -0.4 is 9.47 Å². The Hall–Kier alpha value is -0.370. The van der Waals surface area contributed by atoms with Crippen LogP contribution in [0.4, 0.5) is 0 Å². The monoisotopic (exact) mass is 480 g/mol. The van der Waals surface area contributed by atoms with Gasteiger partial charge in [-0.15, -0.1) is 11.3 Å². The molecule has 0 amide bonds. The highest BCUT2D eigenvalue weighted by Gasteiger charge is 2.22. The van der Waals surface area contributed by atoms with Crippen LogP contribution in [0.5, 0.6) is 11.5 Å². The summed E-state index contributed by atoms with van der Waals surface area (Å²) in [6.07, 6.45) is 0. The smallest absolute Gasteiger partial charge is 0.196 e. The zero-order valence-electron chi connectivity index (χ0n) is 9.91. The molecule has 20 heavy (non-hydrogen) atoms. The van der Waals surface area contributed by atoms with E-state index in [0.29, 0.717) is 40.3 Å². The van der Waals surface area contributed by atoms with Crippen molar-refractivity contribution in [2.45, 2.75) is 0 Å². The van der Waals surface area contributed by atoms with Gasteiger partial charge in [-0.3, -0.25) is 4.79 Å². The van der Waals surface area contributed by atoms with Crippen molar-refractivity contribution >= 4 is 64.9 Å². The molecule has 0 unspecified atom stereocenters. The molecule has 1 aromatic carbocycles. The van der Waals surface area contributed by atoms with Crippen molar-refractivity contribution in [1.82, 2.24) is 0 Å². The lowest BCUT2D eigenvalue weighted by molar-refractivity contribution is 0.103. The number of ether oxygens (including phenoxy) is 2. The summed E-state index contributed by atoms with van der Waals surface area (Å²) in [6.45, 7) is 1.02. The molecule has 104 valence electrons. The van der Waals surface area contributed by atoms with E-state index in [1.54, 1.807) is 18.2 Å². The van der Waals surface area contributed by atoms with Crippen molar-refractivity contribution in [2.75, 3.05) is 13.2 Å². The molecule has 0 saturated heterocycles. The van der Waals surface area contributed by atoms with E-state index in [9.17, 15) is 4.79 Å². The van der Waals surface area contributed by atoms with Crippen LogP contribution in [0, 0.1) is 0 Å². The number of hydrogen-bond acceptors (Lipinski definition) is 4. The summed E-state index contributed by atoms with van der Waals surface area (Å²) < 4.78 is 13.4. The molecule has 0 bridgehead atoms. The fourth-order valence-corrected chi connectivity index (χ4v) is 5.17.